The monoisotopic (exact) mass is 289 g/mol. The Kier molecular flexibility index (Phi) is 4.09. The summed E-state index contributed by atoms with van der Waals surface area (Å²) in [5.41, 5.74) is 2.11. The molecule has 1 aromatic carbocycles. The minimum Gasteiger partial charge on any atom is -0.396 e. The molecule has 0 unspecified atom stereocenters. The molecule has 0 aliphatic heterocycles. The van der Waals surface area contributed by atoms with E-state index in [1.165, 1.54) is 12.1 Å². The van der Waals surface area contributed by atoms with E-state index < -0.39 is 4.92 Å². The summed E-state index contributed by atoms with van der Waals surface area (Å²) in [6, 6.07) is 6.49. The molecule has 6 heteroatoms. The highest BCUT2D eigenvalue weighted by Crippen LogP contribution is 2.28. The Morgan fingerprint density at radius 1 is 1.38 bits per heavy atom. The van der Waals surface area contributed by atoms with Crippen LogP contribution >= 0.6 is 0 Å². The number of non-ortho nitro benzene ring substituents is 1. The molecule has 2 rings (SSSR count). The zero-order valence-corrected chi connectivity index (χ0v) is 12.4. The first-order chi connectivity index (χ1) is 9.82. The molecule has 0 saturated heterocycles. The lowest BCUT2D eigenvalue weighted by molar-refractivity contribution is -0.384. The number of nitro benzene ring substituents is 1. The number of benzene rings is 1. The molecule has 0 radical (unpaired) electrons. The van der Waals surface area contributed by atoms with Crippen molar-refractivity contribution in [1.82, 2.24) is 4.98 Å². The lowest BCUT2D eigenvalue weighted by atomic mass is 9.95. The van der Waals surface area contributed by atoms with E-state index in [4.69, 9.17) is 0 Å². The zero-order chi connectivity index (χ0) is 15.6. The molecule has 0 aliphatic rings. The van der Waals surface area contributed by atoms with Crippen LogP contribution in [0, 0.1) is 22.5 Å². The minimum absolute atomic E-state index is 0.0395. The summed E-state index contributed by atoms with van der Waals surface area (Å²) in [5.74, 6) is 0. The van der Waals surface area contributed by atoms with Crippen molar-refractivity contribution in [1.29, 1.82) is 0 Å². The molecule has 0 bridgehead atoms. The summed E-state index contributed by atoms with van der Waals surface area (Å²) in [5, 5.41) is 24.2. The summed E-state index contributed by atoms with van der Waals surface area (Å²) < 4.78 is 0. The van der Waals surface area contributed by atoms with Gasteiger partial charge in [-0.2, -0.15) is 0 Å². The van der Waals surface area contributed by atoms with Crippen molar-refractivity contribution in [3.8, 4) is 0 Å². The largest absolute Gasteiger partial charge is 0.396 e. The average molecular weight is 289 g/mol. The highest BCUT2D eigenvalue weighted by Gasteiger charge is 2.17. The highest BCUT2D eigenvalue weighted by atomic mass is 16.6. The molecule has 1 aromatic heterocycles. The third-order valence-corrected chi connectivity index (χ3v) is 3.32. The third kappa shape index (κ3) is 3.46. The van der Waals surface area contributed by atoms with Gasteiger partial charge in [-0.3, -0.25) is 15.1 Å². The van der Waals surface area contributed by atoms with Gasteiger partial charge in [0.2, 0.25) is 0 Å². The number of rotatable bonds is 5. The van der Waals surface area contributed by atoms with Crippen LogP contribution in [0.5, 0.6) is 0 Å². The van der Waals surface area contributed by atoms with Crippen molar-refractivity contribution < 1.29 is 10.0 Å². The first kappa shape index (κ1) is 15.2. The first-order valence-electron chi connectivity index (χ1n) is 6.73. The van der Waals surface area contributed by atoms with Gasteiger partial charge in [0, 0.05) is 47.5 Å². The van der Waals surface area contributed by atoms with Crippen molar-refractivity contribution >= 4 is 22.3 Å². The molecular weight excluding hydrogens is 270 g/mol. The van der Waals surface area contributed by atoms with E-state index >= 15 is 0 Å². The zero-order valence-electron chi connectivity index (χ0n) is 12.4. The van der Waals surface area contributed by atoms with Gasteiger partial charge in [0.25, 0.3) is 5.69 Å². The fourth-order valence-electron chi connectivity index (χ4n) is 2.00. The molecule has 2 N–H and O–H groups in total. The molecule has 6 nitrogen and oxygen atoms in total. The number of aromatic nitrogens is 1. The van der Waals surface area contributed by atoms with Crippen molar-refractivity contribution in [2.24, 2.45) is 5.41 Å². The van der Waals surface area contributed by atoms with E-state index in [-0.39, 0.29) is 17.7 Å². The SMILES string of the molecule is Cc1cc(NCC(C)(C)CO)c2cc([N+](=O)[O-])ccc2n1. The number of nitrogens with one attached hydrogen (secondary N) is 1. The van der Waals surface area contributed by atoms with Crippen LogP contribution in [0.2, 0.25) is 0 Å². The van der Waals surface area contributed by atoms with Crippen LogP contribution < -0.4 is 5.32 Å². The number of aryl methyl sites for hydroxylation is 1. The van der Waals surface area contributed by atoms with Gasteiger partial charge in [-0.1, -0.05) is 13.8 Å². The Morgan fingerprint density at radius 3 is 2.71 bits per heavy atom. The van der Waals surface area contributed by atoms with E-state index in [2.05, 4.69) is 10.3 Å². The number of aliphatic hydroxyl groups excluding tert-OH is 1. The number of hydrogen-bond acceptors (Lipinski definition) is 5. The van der Waals surface area contributed by atoms with Gasteiger partial charge in [-0.15, -0.1) is 0 Å². The number of nitrogens with zero attached hydrogens (tertiary/aromatic N) is 2. The lowest BCUT2D eigenvalue weighted by Gasteiger charge is -2.23. The third-order valence-electron chi connectivity index (χ3n) is 3.32. The van der Waals surface area contributed by atoms with Crippen LogP contribution in [-0.2, 0) is 0 Å². The molecule has 0 aliphatic carbocycles. The molecule has 0 amide bonds. The molecule has 2 aromatic rings. The van der Waals surface area contributed by atoms with Crippen LogP contribution in [0.3, 0.4) is 0 Å². The van der Waals surface area contributed by atoms with E-state index in [1.54, 1.807) is 6.07 Å². The van der Waals surface area contributed by atoms with Gasteiger partial charge >= 0.3 is 0 Å². The van der Waals surface area contributed by atoms with E-state index in [9.17, 15) is 15.2 Å². The lowest BCUT2D eigenvalue weighted by Crippen LogP contribution is -2.26. The smallest absolute Gasteiger partial charge is 0.270 e. The van der Waals surface area contributed by atoms with Gasteiger partial charge in [0.15, 0.2) is 0 Å². The number of anilines is 1. The Morgan fingerprint density at radius 2 is 2.10 bits per heavy atom. The molecular formula is C15H19N3O3. The van der Waals surface area contributed by atoms with Gasteiger partial charge in [0.1, 0.15) is 0 Å². The summed E-state index contributed by atoms with van der Waals surface area (Å²) in [6.45, 7) is 6.38. The van der Waals surface area contributed by atoms with Crippen molar-refractivity contribution in [2.45, 2.75) is 20.8 Å². The normalized spacial score (nSPS) is 11.6. The number of nitro groups is 1. The van der Waals surface area contributed by atoms with Gasteiger partial charge in [-0.25, -0.2) is 0 Å². The second-order valence-electron chi connectivity index (χ2n) is 5.95. The summed E-state index contributed by atoms with van der Waals surface area (Å²) in [7, 11) is 0. The average Bonchev–Trinajstić information content (AvgIpc) is 2.44. The van der Waals surface area contributed by atoms with Crippen molar-refractivity contribution in [2.75, 3.05) is 18.5 Å². The molecule has 0 spiro atoms. The predicted octanol–water partition coefficient (Wildman–Crippen LogP) is 2.88. The van der Waals surface area contributed by atoms with Gasteiger partial charge in [0.05, 0.1) is 10.4 Å². The minimum atomic E-state index is -0.416. The highest BCUT2D eigenvalue weighted by molar-refractivity contribution is 5.93. The summed E-state index contributed by atoms with van der Waals surface area (Å²) >= 11 is 0. The number of pyridine rings is 1. The van der Waals surface area contributed by atoms with Gasteiger partial charge < -0.3 is 10.4 Å². The maximum atomic E-state index is 10.9. The van der Waals surface area contributed by atoms with Crippen molar-refractivity contribution in [3.05, 3.63) is 40.1 Å². The quantitative estimate of drug-likeness (QED) is 0.652. The van der Waals surface area contributed by atoms with Crippen LogP contribution in [-0.4, -0.2) is 28.2 Å². The fourth-order valence-corrected chi connectivity index (χ4v) is 2.00. The Balaban J connectivity index is 2.45. The predicted molar refractivity (Wildman–Crippen MR) is 82.5 cm³/mol. The molecule has 0 atom stereocenters. The fraction of sp³-hybridized carbons (Fsp3) is 0.400. The van der Waals surface area contributed by atoms with Gasteiger partial charge in [-0.05, 0) is 19.1 Å². The van der Waals surface area contributed by atoms with E-state index in [1.807, 2.05) is 26.8 Å². The maximum Gasteiger partial charge on any atom is 0.270 e. The Hall–Kier alpha value is -2.21. The number of hydrogen-bond donors (Lipinski definition) is 2. The molecule has 112 valence electrons. The summed E-state index contributed by atoms with van der Waals surface area (Å²) in [4.78, 5) is 14.9. The second kappa shape index (κ2) is 5.65. The number of aliphatic hydroxyl groups is 1. The van der Waals surface area contributed by atoms with Crippen LogP contribution in [0.1, 0.15) is 19.5 Å². The summed E-state index contributed by atoms with van der Waals surface area (Å²) in [6.07, 6.45) is 0. The molecule has 0 fully saturated rings. The topological polar surface area (TPSA) is 88.3 Å². The Labute approximate surface area is 123 Å². The van der Waals surface area contributed by atoms with E-state index in [0.717, 1.165) is 11.4 Å². The van der Waals surface area contributed by atoms with Crippen LogP contribution in [0.15, 0.2) is 24.3 Å². The molecule has 21 heavy (non-hydrogen) atoms. The van der Waals surface area contributed by atoms with E-state index in [0.29, 0.717) is 17.4 Å². The van der Waals surface area contributed by atoms with Crippen molar-refractivity contribution in [3.63, 3.8) is 0 Å². The first-order valence-corrected chi connectivity index (χ1v) is 6.73. The molecule has 0 saturated carbocycles. The standard InChI is InChI=1S/C15H19N3O3/c1-10-6-14(16-8-15(2,3)9-19)12-7-11(18(20)21)4-5-13(12)17-10/h4-7,19H,8-9H2,1-3H3,(H,16,17). The number of fused-ring (bicyclic) bond motifs is 1. The maximum absolute atomic E-state index is 10.9. The second-order valence-corrected chi connectivity index (χ2v) is 5.95. The van der Waals surface area contributed by atoms with Crippen LogP contribution in [0.25, 0.3) is 10.9 Å². The molecule has 1 heterocycles. The van der Waals surface area contributed by atoms with Crippen LogP contribution in [0.4, 0.5) is 11.4 Å². The Bertz CT molecular complexity index is 683.